The van der Waals surface area contributed by atoms with Crippen LogP contribution in [0, 0.1) is 12.4 Å². The van der Waals surface area contributed by atoms with Crippen molar-refractivity contribution in [3.8, 4) is 11.5 Å². The van der Waals surface area contributed by atoms with Crippen LogP contribution in [0.15, 0.2) is 53.1 Å². The fourth-order valence-corrected chi connectivity index (χ4v) is 3.92. The number of carbonyl (C=O) groups excluding carboxylic acids is 1. The number of hydrogen-bond acceptors (Lipinski definition) is 5. The Balaban J connectivity index is 1.70. The number of benzene rings is 2. The van der Waals surface area contributed by atoms with E-state index in [0.717, 1.165) is 4.68 Å². The van der Waals surface area contributed by atoms with Crippen LogP contribution >= 0.6 is 27.5 Å². The number of hydrogen-bond donors (Lipinski definition) is 2. The van der Waals surface area contributed by atoms with E-state index in [1.54, 1.807) is 30.5 Å². The molecular formula is C23H17BrClFN6O2. The van der Waals surface area contributed by atoms with Crippen molar-refractivity contribution >= 4 is 50.3 Å². The summed E-state index contributed by atoms with van der Waals surface area (Å²) in [6, 6.07) is 10.7. The molecule has 4 rings (SSSR count). The van der Waals surface area contributed by atoms with E-state index in [2.05, 4.69) is 36.2 Å². The van der Waals surface area contributed by atoms with Crippen LogP contribution in [0.5, 0.6) is 11.5 Å². The molecule has 1 amide bonds. The fraction of sp³-hybridized carbons (Fsp3) is 0.130. The lowest BCUT2D eigenvalue weighted by atomic mass is 10.1. The third kappa shape index (κ3) is 4.87. The molecule has 0 saturated carbocycles. The topological polar surface area (TPSA) is 99.4 Å². The van der Waals surface area contributed by atoms with Gasteiger partial charge in [-0.25, -0.2) is 19.0 Å². The van der Waals surface area contributed by atoms with Gasteiger partial charge >= 0.3 is 6.03 Å². The summed E-state index contributed by atoms with van der Waals surface area (Å²) >= 11 is 9.36. The van der Waals surface area contributed by atoms with Crippen molar-refractivity contribution in [3.05, 3.63) is 86.6 Å². The molecule has 0 bridgehead atoms. The van der Waals surface area contributed by atoms with Crippen molar-refractivity contribution in [2.45, 2.75) is 6.42 Å². The number of ether oxygens (including phenoxy) is 1. The molecule has 2 aromatic carbocycles. The molecule has 4 aromatic rings. The van der Waals surface area contributed by atoms with Crippen molar-refractivity contribution in [1.82, 2.24) is 20.1 Å². The van der Waals surface area contributed by atoms with E-state index in [1.807, 2.05) is 0 Å². The molecular weight excluding hydrogens is 527 g/mol. The van der Waals surface area contributed by atoms with Gasteiger partial charge in [-0.05, 0) is 57.9 Å². The van der Waals surface area contributed by atoms with Crippen molar-refractivity contribution in [1.29, 1.82) is 0 Å². The van der Waals surface area contributed by atoms with Gasteiger partial charge in [0, 0.05) is 36.1 Å². The van der Waals surface area contributed by atoms with E-state index in [-0.39, 0.29) is 36.7 Å². The van der Waals surface area contributed by atoms with E-state index in [4.69, 9.17) is 28.6 Å². The predicted octanol–water partition coefficient (Wildman–Crippen LogP) is 5.44. The molecule has 0 aliphatic rings. The molecule has 8 nitrogen and oxygen atoms in total. The van der Waals surface area contributed by atoms with E-state index in [0.29, 0.717) is 31.8 Å². The quantitative estimate of drug-likeness (QED) is 0.316. The lowest BCUT2D eigenvalue weighted by Crippen LogP contribution is -2.33. The van der Waals surface area contributed by atoms with Crippen LogP contribution in [-0.2, 0) is 6.42 Å². The molecule has 0 aliphatic carbocycles. The van der Waals surface area contributed by atoms with Crippen molar-refractivity contribution in [2.24, 2.45) is 5.73 Å². The number of pyridine rings is 1. The number of nitrogens with zero attached hydrogens (tertiary/aromatic N) is 4. The molecule has 3 N–H and O–H groups in total. The Hall–Kier alpha value is -3.52. The number of aromatic nitrogens is 3. The van der Waals surface area contributed by atoms with E-state index in [9.17, 15) is 4.79 Å². The summed E-state index contributed by atoms with van der Waals surface area (Å²) in [6.45, 7) is 7.74. The van der Waals surface area contributed by atoms with Gasteiger partial charge in [-0.3, -0.25) is 0 Å². The number of rotatable bonds is 6. The van der Waals surface area contributed by atoms with Crippen LogP contribution in [-0.4, -0.2) is 33.9 Å². The van der Waals surface area contributed by atoms with E-state index < -0.39 is 11.8 Å². The molecule has 2 aromatic heterocycles. The lowest BCUT2D eigenvalue weighted by Gasteiger charge is -2.12. The summed E-state index contributed by atoms with van der Waals surface area (Å²) in [4.78, 5) is 20.1. The maximum absolute atomic E-state index is 15.5. The Bertz CT molecular complexity index is 1440. The van der Waals surface area contributed by atoms with Gasteiger partial charge in [0.15, 0.2) is 22.9 Å². The zero-order valence-electron chi connectivity index (χ0n) is 17.6. The first-order valence-corrected chi connectivity index (χ1v) is 11.2. The molecule has 0 saturated heterocycles. The molecule has 172 valence electrons. The lowest BCUT2D eigenvalue weighted by molar-refractivity contribution is 0.240. The molecule has 0 unspecified atom stereocenters. The molecule has 34 heavy (non-hydrogen) atoms. The fourth-order valence-electron chi connectivity index (χ4n) is 3.31. The van der Waals surface area contributed by atoms with Gasteiger partial charge in [0.05, 0.1) is 16.7 Å². The summed E-state index contributed by atoms with van der Waals surface area (Å²) in [7, 11) is 0. The van der Waals surface area contributed by atoms with Gasteiger partial charge in [-0.15, -0.1) is 0 Å². The van der Waals surface area contributed by atoms with Gasteiger partial charge in [0.1, 0.15) is 5.75 Å². The van der Waals surface area contributed by atoms with Crippen molar-refractivity contribution in [2.75, 3.05) is 13.1 Å². The Labute approximate surface area is 207 Å². The largest absolute Gasteiger partial charge is 0.454 e. The smallest absolute Gasteiger partial charge is 0.344 e. The van der Waals surface area contributed by atoms with Crippen molar-refractivity contribution < 1.29 is 13.9 Å². The summed E-state index contributed by atoms with van der Waals surface area (Å²) in [5.74, 6) is -0.443. The summed E-state index contributed by atoms with van der Waals surface area (Å²) in [5, 5.41) is 7.95. The number of carbonyl (C=O) groups is 1. The van der Waals surface area contributed by atoms with Gasteiger partial charge < -0.3 is 15.8 Å². The Kier molecular flexibility index (Phi) is 7.07. The van der Waals surface area contributed by atoms with Crippen LogP contribution in [0.1, 0.15) is 11.3 Å². The number of halogens is 3. The summed E-state index contributed by atoms with van der Waals surface area (Å²) in [6.07, 6.45) is 1.63. The van der Waals surface area contributed by atoms with Gasteiger partial charge in [0.25, 0.3) is 0 Å². The number of nitrogens with one attached hydrogen (secondary N) is 1. The predicted molar refractivity (Wildman–Crippen MR) is 130 cm³/mol. The second kappa shape index (κ2) is 10.2. The number of fused-ring (bicyclic) bond motifs is 1. The van der Waals surface area contributed by atoms with Crippen LogP contribution in [0.25, 0.3) is 15.9 Å². The minimum Gasteiger partial charge on any atom is -0.454 e. The summed E-state index contributed by atoms with van der Waals surface area (Å²) in [5.41, 5.74) is 6.85. The van der Waals surface area contributed by atoms with Crippen LogP contribution < -0.4 is 15.8 Å². The highest BCUT2D eigenvalue weighted by Gasteiger charge is 2.20. The highest BCUT2D eigenvalue weighted by Crippen LogP contribution is 2.37. The molecule has 2 heterocycles. The van der Waals surface area contributed by atoms with Gasteiger partial charge in [-0.2, -0.15) is 9.78 Å². The van der Waals surface area contributed by atoms with Gasteiger partial charge in [0.2, 0.25) is 0 Å². The zero-order valence-corrected chi connectivity index (χ0v) is 19.9. The molecule has 0 atom stereocenters. The monoisotopic (exact) mass is 542 g/mol. The van der Waals surface area contributed by atoms with Crippen LogP contribution in [0.3, 0.4) is 0 Å². The minimum atomic E-state index is -0.613. The van der Waals surface area contributed by atoms with Crippen molar-refractivity contribution in [3.63, 3.8) is 0 Å². The second-order valence-electron chi connectivity index (χ2n) is 7.14. The Morgan fingerprint density at radius 2 is 2.15 bits per heavy atom. The molecule has 0 radical (unpaired) electrons. The molecule has 0 aliphatic heterocycles. The highest BCUT2D eigenvalue weighted by atomic mass is 79.9. The van der Waals surface area contributed by atoms with Crippen LogP contribution in [0.4, 0.5) is 14.9 Å². The van der Waals surface area contributed by atoms with Gasteiger partial charge in [-0.1, -0.05) is 17.7 Å². The SMILES string of the molecule is [C-]#[N+]c1cc(Cl)cc(Oc2c(Br)ccc(Cc3nn(C(=O)NCCN)c4ncccc34)c2F)c1. The van der Waals surface area contributed by atoms with E-state index >= 15 is 4.39 Å². The first kappa shape index (κ1) is 23.6. The normalized spacial score (nSPS) is 10.8. The average Bonchev–Trinajstić information content (AvgIpc) is 3.20. The molecule has 0 spiro atoms. The maximum atomic E-state index is 15.5. The highest BCUT2D eigenvalue weighted by molar-refractivity contribution is 9.10. The third-order valence-corrected chi connectivity index (χ3v) is 5.67. The maximum Gasteiger partial charge on any atom is 0.344 e. The zero-order chi connectivity index (χ0) is 24.2. The Morgan fingerprint density at radius 3 is 2.91 bits per heavy atom. The first-order chi connectivity index (χ1) is 16.4. The first-order valence-electron chi connectivity index (χ1n) is 10.0. The number of amides is 1. The average molecular weight is 544 g/mol. The number of nitrogens with two attached hydrogens (primary N) is 1. The molecule has 11 heteroatoms. The standard InChI is InChI=1S/C23H17BrClFN6O2/c1-28-15-10-14(25)11-16(12-15)34-21-18(24)5-4-13(20(21)26)9-19-17-3-2-7-29-22(17)32(31-19)23(33)30-8-6-27/h2-5,7,10-12H,6,8-9,27H2,(H,30,33). The van der Waals surface area contributed by atoms with E-state index in [1.165, 1.54) is 18.2 Å². The summed E-state index contributed by atoms with van der Waals surface area (Å²) < 4.78 is 22.8. The Morgan fingerprint density at radius 1 is 1.32 bits per heavy atom. The second-order valence-corrected chi connectivity index (χ2v) is 8.43. The third-order valence-electron chi connectivity index (χ3n) is 4.82. The molecule has 0 fully saturated rings. The minimum absolute atomic E-state index is 0.0572. The van der Waals surface area contributed by atoms with Crippen LogP contribution in [0.2, 0.25) is 5.02 Å².